The van der Waals surface area contributed by atoms with E-state index in [2.05, 4.69) is 6.07 Å². The van der Waals surface area contributed by atoms with Crippen LogP contribution in [0.3, 0.4) is 0 Å². The van der Waals surface area contributed by atoms with Crippen LogP contribution < -0.4 is 9.47 Å². The molecule has 1 N–H and O–H groups in total. The average Bonchev–Trinajstić information content (AvgIpc) is 2.92. The van der Waals surface area contributed by atoms with E-state index in [-0.39, 0.29) is 5.75 Å². The largest absolute Gasteiger partial charge is 0.504 e. The predicted octanol–water partition coefficient (Wildman–Crippen LogP) is 1.33. The van der Waals surface area contributed by atoms with E-state index >= 15 is 0 Å². The van der Waals surface area contributed by atoms with Gasteiger partial charge in [0.2, 0.25) is 0 Å². The quantitative estimate of drug-likeness (QED) is 0.770. The van der Waals surface area contributed by atoms with Crippen molar-refractivity contribution in [3.63, 3.8) is 0 Å². The molecule has 2 heterocycles. The Morgan fingerprint density at radius 1 is 1.12 bits per heavy atom. The van der Waals surface area contributed by atoms with E-state index in [1.54, 1.807) is 0 Å². The van der Waals surface area contributed by atoms with Crippen LogP contribution in [0.4, 0.5) is 0 Å². The van der Waals surface area contributed by atoms with Crippen molar-refractivity contribution in [1.82, 2.24) is 0 Å². The average molecular weight is 217 g/mol. The van der Waals surface area contributed by atoms with E-state index in [4.69, 9.17) is 14.7 Å². The lowest BCUT2D eigenvalue weighted by Gasteiger charge is -2.12. The first-order valence-corrected chi connectivity index (χ1v) is 5.35. The normalized spacial score (nSPS) is 15.9. The van der Waals surface area contributed by atoms with Crippen LogP contribution in [0.5, 0.6) is 17.2 Å². The molecule has 0 radical (unpaired) electrons. The molecule has 2 aliphatic rings. The van der Waals surface area contributed by atoms with Gasteiger partial charge < -0.3 is 14.6 Å². The number of nitriles is 1. The van der Waals surface area contributed by atoms with Crippen LogP contribution in [0.25, 0.3) is 0 Å². The van der Waals surface area contributed by atoms with Crippen molar-refractivity contribution in [3.8, 4) is 23.3 Å². The van der Waals surface area contributed by atoms with Crippen LogP contribution >= 0.6 is 0 Å². The van der Waals surface area contributed by atoms with E-state index < -0.39 is 0 Å². The van der Waals surface area contributed by atoms with Gasteiger partial charge in [-0.25, -0.2) is 0 Å². The molecule has 1 aromatic rings. The fraction of sp³-hybridized carbons (Fsp3) is 0.417. The van der Waals surface area contributed by atoms with E-state index in [9.17, 15) is 5.11 Å². The SMILES string of the molecule is N#CCc1c2c(c(O)c3c1OCC3)OCC2. The zero-order valence-corrected chi connectivity index (χ0v) is 8.75. The number of hydrogen-bond acceptors (Lipinski definition) is 4. The third-order valence-electron chi connectivity index (χ3n) is 3.14. The second kappa shape index (κ2) is 3.31. The Kier molecular flexibility index (Phi) is 1.93. The third kappa shape index (κ3) is 1.09. The molecule has 0 spiro atoms. The molecule has 0 aromatic heterocycles. The Labute approximate surface area is 93.0 Å². The van der Waals surface area contributed by atoms with Gasteiger partial charge >= 0.3 is 0 Å². The summed E-state index contributed by atoms with van der Waals surface area (Å²) in [6.45, 7) is 1.15. The summed E-state index contributed by atoms with van der Waals surface area (Å²) in [6.07, 6.45) is 1.75. The summed E-state index contributed by atoms with van der Waals surface area (Å²) in [5.74, 6) is 1.49. The molecule has 0 unspecified atom stereocenters. The van der Waals surface area contributed by atoms with Crippen molar-refractivity contribution in [2.24, 2.45) is 0 Å². The smallest absolute Gasteiger partial charge is 0.165 e. The Bertz CT molecular complexity index is 467. The van der Waals surface area contributed by atoms with Crippen molar-refractivity contribution in [2.45, 2.75) is 19.3 Å². The molecule has 0 aliphatic carbocycles. The molecule has 82 valence electrons. The lowest BCUT2D eigenvalue weighted by atomic mass is 9.97. The van der Waals surface area contributed by atoms with Gasteiger partial charge in [-0.05, 0) is 0 Å². The third-order valence-corrected chi connectivity index (χ3v) is 3.14. The maximum atomic E-state index is 10.0. The fourth-order valence-electron chi connectivity index (χ4n) is 2.45. The summed E-state index contributed by atoms with van der Waals surface area (Å²) < 4.78 is 10.9. The van der Waals surface area contributed by atoms with Crippen LogP contribution in [0.2, 0.25) is 0 Å². The molecule has 3 rings (SSSR count). The number of hydrogen-bond donors (Lipinski definition) is 1. The highest BCUT2D eigenvalue weighted by molar-refractivity contribution is 5.65. The van der Waals surface area contributed by atoms with Crippen LogP contribution in [-0.2, 0) is 19.3 Å². The highest BCUT2D eigenvalue weighted by Gasteiger charge is 2.30. The van der Waals surface area contributed by atoms with Gasteiger partial charge in [0.25, 0.3) is 0 Å². The van der Waals surface area contributed by atoms with E-state index in [1.165, 1.54) is 0 Å². The van der Waals surface area contributed by atoms with Crippen LogP contribution in [-0.4, -0.2) is 18.3 Å². The summed E-state index contributed by atoms with van der Waals surface area (Å²) in [6, 6.07) is 2.15. The monoisotopic (exact) mass is 217 g/mol. The number of phenolic OH excluding ortho intramolecular Hbond substituents is 1. The molecule has 0 atom stereocenters. The number of aromatic hydroxyl groups is 1. The second-order valence-corrected chi connectivity index (χ2v) is 3.97. The van der Waals surface area contributed by atoms with E-state index in [0.29, 0.717) is 37.6 Å². The minimum absolute atomic E-state index is 0.210. The lowest BCUT2D eigenvalue weighted by Crippen LogP contribution is -1.96. The Morgan fingerprint density at radius 3 is 2.56 bits per heavy atom. The summed E-state index contributed by atoms with van der Waals surface area (Å²) in [7, 11) is 0. The Balaban J connectivity index is 2.28. The topological polar surface area (TPSA) is 62.5 Å². The minimum Gasteiger partial charge on any atom is -0.504 e. The Hall–Kier alpha value is -1.89. The molecule has 2 aliphatic heterocycles. The summed E-state index contributed by atoms with van der Waals surface area (Å²) in [5, 5.41) is 18.9. The van der Waals surface area contributed by atoms with Crippen LogP contribution in [0.15, 0.2) is 0 Å². The molecular formula is C12H11NO3. The molecule has 16 heavy (non-hydrogen) atoms. The number of phenols is 1. The predicted molar refractivity (Wildman–Crippen MR) is 55.8 cm³/mol. The van der Waals surface area contributed by atoms with Gasteiger partial charge in [-0.1, -0.05) is 0 Å². The first-order chi connectivity index (χ1) is 7.83. The van der Waals surface area contributed by atoms with Crippen molar-refractivity contribution in [3.05, 3.63) is 16.7 Å². The van der Waals surface area contributed by atoms with Gasteiger partial charge in [0.05, 0.1) is 25.7 Å². The maximum absolute atomic E-state index is 10.0. The minimum atomic E-state index is 0.210. The van der Waals surface area contributed by atoms with Gasteiger partial charge in [0, 0.05) is 29.5 Å². The Morgan fingerprint density at radius 2 is 1.81 bits per heavy atom. The molecule has 4 heteroatoms. The highest BCUT2D eigenvalue weighted by atomic mass is 16.5. The molecule has 4 nitrogen and oxygen atoms in total. The molecule has 0 saturated carbocycles. The standard InChI is InChI=1S/C12H11NO3/c13-4-1-7-8-2-5-16-12(8)10(14)9-3-6-15-11(7)9/h14H,1-3,5-6H2. The van der Waals surface area contributed by atoms with Crippen molar-refractivity contribution >= 4 is 0 Å². The highest BCUT2D eigenvalue weighted by Crippen LogP contribution is 2.48. The zero-order chi connectivity index (χ0) is 11.1. The molecule has 0 amide bonds. The fourth-order valence-corrected chi connectivity index (χ4v) is 2.45. The second-order valence-electron chi connectivity index (χ2n) is 3.97. The molecule has 0 bridgehead atoms. The van der Waals surface area contributed by atoms with Crippen molar-refractivity contribution in [2.75, 3.05) is 13.2 Å². The van der Waals surface area contributed by atoms with Crippen molar-refractivity contribution in [1.29, 1.82) is 5.26 Å². The first-order valence-electron chi connectivity index (χ1n) is 5.35. The summed E-state index contributed by atoms with van der Waals surface area (Å²) >= 11 is 0. The molecule has 0 fully saturated rings. The van der Waals surface area contributed by atoms with Gasteiger partial charge in [-0.15, -0.1) is 0 Å². The zero-order valence-electron chi connectivity index (χ0n) is 8.75. The van der Waals surface area contributed by atoms with Gasteiger partial charge in [-0.2, -0.15) is 5.26 Å². The van der Waals surface area contributed by atoms with Crippen LogP contribution in [0.1, 0.15) is 16.7 Å². The summed E-state index contributed by atoms with van der Waals surface area (Å²) in [4.78, 5) is 0. The van der Waals surface area contributed by atoms with Gasteiger partial charge in [-0.3, -0.25) is 0 Å². The number of rotatable bonds is 1. The molecular weight excluding hydrogens is 206 g/mol. The molecule has 1 aromatic carbocycles. The van der Waals surface area contributed by atoms with Crippen LogP contribution in [0, 0.1) is 11.3 Å². The van der Waals surface area contributed by atoms with Gasteiger partial charge in [0.1, 0.15) is 5.75 Å². The number of ether oxygens (including phenoxy) is 2. The van der Waals surface area contributed by atoms with E-state index in [1.807, 2.05) is 0 Å². The first kappa shape index (κ1) is 9.34. The van der Waals surface area contributed by atoms with E-state index in [0.717, 1.165) is 23.1 Å². The lowest BCUT2D eigenvalue weighted by molar-refractivity contribution is 0.333. The number of nitrogens with zero attached hydrogens (tertiary/aromatic N) is 1. The summed E-state index contributed by atoms with van der Waals surface area (Å²) in [5.41, 5.74) is 2.64. The van der Waals surface area contributed by atoms with Gasteiger partial charge in [0.15, 0.2) is 11.5 Å². The number of fused-ring (bicyclic) bond motifs is 2. The van der Waals surface area contributed by atoms with Crippen molar-refractivity contribution < 1.29 is 14.6 Å². The molecule has 0 saturated heterocycles. The number of benzene rings is 1. The maximum Gasteiger partial charge on any atom is 0.165 e.